The van der Waals surface area contributed by atoms with Crippen molar-refractivity contribution in [3.63, 3.8) is 0 Å². The molecule has 0 aliphatic heterocycles. The molecule has 1 fully saturated rings. The highest BCUT2D eigenvalue weighted by molar-refractivity contribution is 6.31. The van der Waals surface area contributed by atoms with Gasteiger partial charge in [0.25, 0.3) is 0 Å². The molecule has 0 bridgehead atoms. The number of nitrogens with one attached hydrogen (secondary N) is 1. The monoisotopic (exact) mass is 280 g/mol. The van der Waals surface area contributed by atoms with E-state index < -0.39 is 12.8 Å². The zero-order valence-electron chi connectivity index (χ0n) is 9.43. The first-order valence-electron chi connectivity index (χ1n) is 5.51. The van der Waals surface area contributed by atoms with E-state index in [-0.39, 0.29) is 5.88 Å². The summed E-state index contributed by atoms with van der Waals surface area (Å²) >= 11 is 5.91. The maximum atomic E-state index is 12.0. The van der Waals surface area contributed by atoms with Crippen LogP contribution in [0.25, 0.3) is 0 Å². The van der Waals surface area contributed by atoms with Crippen LogP contribution >= 0.6 is 11.6 Å². The Kier molecular flexibility index (Phi) is 3.97. The molecule has 0 spiro atoms. The molecule has 1 aromatic heterocycles. The number of hydrogen-bond donors (Lipinski definition) is 1. The van der Waals surface area contributed by atoms with Crippen LogP contribution in [0.3, 0.4) is 0 Å². The molecule has 1 aliphatic rings. The molecule has 0 radical (unpaired) electrons. The molecule has 18 heavy (non-hydrogen) atoms. The first-order chi connectivity index (χ1) is 8.44. The van der Waals surface area contributed by atoms with Crippen LogP contribution in [0.4, 0.5) is 13.2 Å². The van der Waals surface area contributed by atoms with Gasteiger partial charge in [0.1, 0.15) is 0 Å². The Morgan fingerprint density at radius 2 is 2.17 bits per heavy atom. The van der Waals surface area contributed by atoms with E-state index in [2.05, 4.69) is 15.0 Å². The molecule has 3 nitrogen and oxygen atoms in total. The molecule has 1 aliphatic carbocycles. The fourth-order valence-corrected chi connectivity index (χ4v) is 1.54. The molecule has 0 unspecified atom stereocenters. The average Bonchev–Trinajstić information content (AvgIpc) is 3.09. The Morgan fingerprint density at radius 3 is 2.78 bits per heavy atom. The van der Waals surface area contributed by atoms with Crippen LogP contribution in [0.15, 0.2) is 12.3 Å². The molecule has 0 amide bonds. The Balaban J connectivity index is 1.95. The topological polar surface area (TPSA) is 34.1 Å². The zero-order chi connectivity index (χ0) is 13.2. The Bertz CT molecular complexity index is 421. The third-order valence-electron chi connectivity index (χ3n) is 2.45. The molecule has 100 valence electrons. The molecule has 0 saturated heterocycles. The number of aromatic nitrogens is 1. The van der Waals surface area contributed by atoms with Crippen molar-refractivity contribution in [1.29, 1.82) is 0 Å². The minimum atomic E-state index is -4.37. The van der Waals surface area contributed by atoms with Crippen LogP contribution in [-0.4, -0.2) is 23.8 Å². The lowest BCUT2D eigenvalue weighted by atomic mass is 10.2. The van der Waals surface area contributed by atoms with Crippen molar-refractivity contribution in [2.75, 3.05) is 6.61 Å². The molecule has 2 rings (SSSR count). The summed E-state index contributed by atoms with van der Waals surface area (Å²) in [5.41, 5.74) is 0.691. The minimum absolute atomic E-state index is 0.0654. The number of rotatable bonds is 5. The van der Waals surface area contributed by atoms with E-state index in [4.69, 9.17) is 11.6 Å². The van der Waals surface area contributed by atoms with E-state index in [9.17, 15) is 13.2 Å². The zero-order valence-corrected chi connectivity index (χ0v) is 10.2. The number of pyridine rings is 1. The first kappa shape index (κ1) is 13.4. The van der Waals surface area contributed by atoms with E-state index in [1.54, 1.807) is 0 Å². The van der Waals surface area contributed by atoms with Crippen LogP contribution in [0.5, 0.6) is 5.88 Å². The second-order valence-corrected chi connectivity index (χ2v) is 4.58. The molecule has 1 N–H and O–H groups in total. The second-order valence-electron chi connectivity index (χ2n) is 4.17. The van der Waals surface area contributed by atoms with Gasteiger partial charge in [0, 0.05) is 24.8 Å². The van der Waals surface area contributed by atoms with E-state index in [1.165, 1.54) is 12.3 Å². The van der Waals surface area contributed by atoms with Gasteiger partial charge in [0.05, 0.1) is 5.02 Å². The number of ether oxygens (including phenoxy) is 1. The van der Waals surface area contributed by atoms with Gasteiger partial charge in [-0.2, -0.15) is 13.2 Å². The molecule has 1 aromatic rings. The standard InChI is InChI=1S/C11H12ClF3N2O/c12-9-5-17-10(18-6-11(13,14)15)3-7(9)4-16-8-1-2-8/h3,5,8,16H,1-2,4,6H2. The Labute approximate surface area is 107 Å². The van der Waals surface area contributed by atoms with Gasteiger partial charge < -0.3 is 10.1 Å². The van der Waals surface area contributed by atoms with Crippen LogP contribution in [0.1, 0.15) is 18.4 Å². The van der Waals surface area contributed by atoms with E-state index in [0.717, 1.165) is 12.8 Å². The van der Waals surface area contributed by atoms with Crippen molar-refractivity contribution in [2.45, 2.75) is 31.6 Å². The van der Waals surface area contributed by atoms with Gasteiger partial charge in [-0.25, -0.2) is 4.98 Å². The lowest BCUT2D eigenvalue weighted by Gasteiger charge is -2.10. The maximum Gasteiger partial charge on any atom is 0.422 e. The molecular weight excluding hydrogens is 269 g/mol. The highest BCUT2D eigenvalue weighted by Gasteiger charge is 2.28. The third kappa shape index (κ3) is 4.34. The maximum absolute atomic E-state index is 12.0. The first-order valence-corrected chi connectivity index (χ1v) is 5.89. The van der Waals surface area contributed by atoms with Gasteiger partial charge >= 0.3 is 6.18 Å². The van der Waals surface area contributed by atoms with Crippen molar-refractivity contribution in [1.82, 2.24) is 10.3 Å². The number of hydrogen-bond acceptors (Lipinski definition) is 3. The van der Waals surface area contributed by atoms with Crippen LogP contribution < -0.4 is 10.1 Å². The summed E-state index contributed by atoms with van der Waals surface area (Å²) in [5, 5.41) is 3.64. The van der Waals surface area contributed by atoms with Crippen molar-refractivity contribution in [2.24, 2.45) is 0 Å². The summed E-state index contributed by atoms with van der Waals surface area (Å²) in [7, 11) is 0. The molecule has 1 saturated carbocycles. The summed E-state index contributed by atoms with van der Waals surface area (Å²) in [6.07, 6.45) is -0.814. The van der Waals surface area contributed by atoms with Crippen LogP contribution in [0.2, 0.25) is 5.02 Å². The van der Waals surface area contributed by atoms with Crippen LogP contribution in [0, 0.1) is 0 Å². The quantitative estimate of drug-likeness (QED) is 0.900. The van der Waals surface area contributed by atoms with Crippen molar-refractivity contribution >= 4 is 11.6 Å². The number of alkyl halides is 3. The highest BCUT2D eigenvalue weighted by Crippen LogP contribution is 2.24. The molecule has 0 aromatic carbocycles. The van der Waals surface area contributed by atoms with Gasteiger partial charge in [-0.3, -0.25) is 0 Å². The van der Waals surface area contributed by atoms with Gasteiger partial charge in [-0.05, 0) is 18.4 Å². The van der Waals surface area contributed by atoms with Gasteiger partial charge in [-0.15, -0.1) is 0 Å². The molecule has 0 atom stereocenters. The number of halogens is 4. The van der Waals surface area contributed by atoms with E-state index in [0.29, 0.717) is 23.2 Å². The normalized spacial score (nSPS) is 15.8. The van der Waals surface area contributed by atoms with Gasteiger partial charge in [-0.1, -0.05) is 11.6 Å². The fraction of sp³-hybridized carbons (Fsp3) is 0.545. The summed E-state index contributed by atoms with van der Waals surface area (Å²) in [6.45, 7) is -0.842. The summed E-state index contributed by atoms with van der Waals surface area (Å²) in [5.74, 6) is -0.0654. The van der Waals surface area contributed by atoms with Crippen molar-refractivity contribution in [3.05, 3.63) is 22.8 Å². The molecule has 7 heteroatoms. The van der Waals surface area contributed by atoms with Gasteiger partial charge in [0.15, 0.2) is 6.61 Å². The predicted molar refractivity (Wildman–Crippen MR) is 60.7 cm³/mol. The number of nitrogens with zero attached hydrogens (tertiary/aromatic N) is 1. The Hall–Kier alpha value is -1.01. The Morgan fingerprint density at radius 1 is 1.44 bits per heavy atom. The average molecular weight is 281 g/mol. The van der Waals surface area contributed by atoms with Crippen molar-refractivity contribution in [3.8, 4) is 5.88 Å². The largest absolute Gasteiger partial charge is 0.468 e. The summed E-state index contributed by atoms with van der Waals surface area (Å²) in [6, 6.07) is 1.93. The van der Waals surface area contributed by atoms with E-state index in [1.807, 2.05) is 0 Å². The highest BCUT2D eigenvalue weighted by atomic mass is 35.5. The smallest absolute Gasteiger partial charge is 0.422 e. The SMILES string of the molecule is FC(F)(F)COc1cc(CNC2CC2)c(Cl)cn1. The fourth-order valence-electron chi connectivity index (χ4n) is 1.37. The van der Waals surface area contributed by atoms with E-state index >= 15 is 0 Å². The van der Waals surface area contributed by atoms with Crippen molar-refractivity contribution < 1.29 is 17.9 Å². The van der Waals surface area contributed by atoms with Gasteiger partial charge in [0.2, 0.25) is 5.88 Å². The summed E-state index contributed by atoms with van der Waals surface area (Å²) in [4.78, 5) is 3.70. The molecular formula is C11H12ClF3N2O. The summed E-state index contributed by atoms with van der Waals surface area (Å²) < 4.78 is 40.5. The third-order valence-corrected chi connectivity index (χ3v) is 2.79. The lowest BCUT2D eigenvalue weighted by Crippen LogP contribution is -2.20. The lowest BCUT2D eigenvalue weighted by molar-refractivity contribution is -0.154. The predicted octanol–water partition coefficient (Wildman–Crippen LogP) is 2.93. The van der Waals surface area contributed by atoms with Crippen LogP contribution in [-0.2, 0) is 6.54 Å². The minimum Gasteiger partial charge on any atom is -0.468 e. The molecule has 1 heterocycles. The second kappa shape index (κ2) is 5.32.